The molecule has 0 amide bonds. The molecule has 1 heteroatoms. The van der Waals surface area contributed by atoms with E-state index < -0.39 is 5.67 Å². The first-order valence-corrected chi connectivity index (χ1v) is 11.0. The Labute approximate surface area is 165 Å². The second-order valence-electron chi connectivity index (χ2n) is 8.45. The summed E-state index contributed by atoms with van der Waals surface area (Å²) in [6.45, 7) is 4.34. The smallest absolute Gasteiger partial charge is 0.111 e. The normalized spacial score (nSPS) is 22.7. The number of unbranched alkanes of at least 4 members (excludes halogenated alkanes) is 2. The average molecular weight is 367 g/mol. The van der Waals surface area contributed by atoms with E-state index in [9.17, 15) is 4.39 Å². The highest BCUT2D eigenvalue weighted by atomic mass is 19.1. The fourth-order valence-electron chi connectivity index (χ4n) is 4.56. The van der Waals surface area contributed by atoms with E-state index in [1.165, 1.54) is 47.9 Å². The van der Waals surface area contributed by atoms with Gasteiger partial charge in [0.25, 0.3) is 0 Å². The van der Waals surface area contributed by atoms with Crippen molar-refractivity contribution in [3.05, 3.63) is 59.7 Å². The molecule has 146 valence electrons. The van der Waals surface area contributed by atoms with Gasteiger partial charge in [-0.2, -0.15) is 0 Å². The molecule has 0 radical (unpaired) electrons. The topological polar surface area (TPSA) is 0 Å². The van der Waals surface area contributed by atoms with Gasteiger partial charge in [-0.3, -0.25) is 0 Å². The van der Waals surface area contributed by atoms with Gasteiger partial charge in [-0.25, -0.2) is 4.39 Å². The Hall–Kier alpha value is -1.63. The van der Waals surface area contributed by atoms with Crippen LogP contribution in [0.4, 0.5) is 4.39 Å². The summed E-state index contributed by atoms with van der Waals surface area (Å²) in [4.78, 5) is 0. The molecule has 1 fully saturated rings. The zero-order valence-electron chi connectivity index (χ0n) is 17.1. The molecule has 2 aromatic rings. The first kappa shape index (κ1) is 20.1. The van der Waals surface area contributed by atoms with Crippen LogP contribution in [0.15, 0.2) is 48.5 Å². The highest BCUT2D eigenvalue weighted by molar-refractivity contribution is 5.64. The molecule has 0 heterocycles. The van der Waals surface area contributed by atoms with Crippen LogP contribution in [0.3, 0.4) is 0 Å². The van der Waals surface area contributed by atoms with Crippen LogP contribution >= 0.6 is 0 Å². The second kappa shape index (κ2) is 9.53. The van der Waals surface area contributed by atoms with Crippen molar-refractivity contribution in [2.75, 3.05) is 0 Å². The standard InChI is InChI=1S/C26H35F/c1-3-5-6-7-21-8-10-22(11-9-21)23-12-14-24(15-13-23)25-16-19-26(27,18-4-2)20-17-25/h8-15,25H,3-7,16-20H2,1-2H3. The number of hydrogen-bond acceptors (Lipinski definition) is 0. The Kier molecular flexibility index (Phi) is 7.10. The first-order chi connectivity index (χ1) is 13.1. The summed E-state index contributed by atoms with van der Waals surface area (Å²) in [5.41, 5.74) is 4.49. The Morgan fingerprint density at radius 2 is 1.41 bits per heavy atom. The first-order valence-electron chi connectivity index (χ1n) is 11.0. The third kappa shape index (κ3) is 5.43. The summed E-state index contributed by atoms with van der Waals surface area (Å²) in [7, 11) is 0. The quantitative estimate of drug-likeness (QED) is 0.412. The molecule has 1 aliphatic rings. The molecule has 0 aromatic heterocycles. The summed E-state index contributed by atoms with van der Waals surface area (Å²) >= 11 is 0. The van der Waals surface area contributed by atoms with Crippen molar-refractivity contribution in [3.8, 4) is 11.1 Å². The molecule has 2 aromatic carbocycles. The fraction of sp³-hybridized carbons (Fsp3) is 0.538. The maximum absolute atomic E-state index is 14.7. The highest BCUT2D eigenvalue weighted by Crippen LogP contribution is 2.42. The number of aryl methyl sites for hydroxylation is 1. The zero-order valence-corrected chi connectivity index (χ0v) is 17.1. The molecular formula is C26H35F. The van der Waals surface area contributed by atoms with Crippen LogP contribution in [0, 0.1) is 0 Å². The van der Waals surface area contributed by atoms with Gasteiger partial charge in [-0.1, -0.05) is 81.6 Å². The molecule has 0 saturated heterocycles. The molecule has 1 aliphatic carbocycles. The van der Waals surface area contributed by atoms with Gasteiger partial charge in [-0.15, -0.1) is 0 Å². The van der Waals surface area contributed by atoms with Gasteiger partial charge in [0.05, 0.1) is 0 Å². The van der Waals surface area contributed by atoms with Gasteiger partial charge in [-0.05, 0) is 73.1 Å². The third-order valence-corrected chi connectivity index (χ3v) is 6.32. The molecule has 1 saturated carbocycles. The van der Waals surface area contributed by atoms with Gasteiger partial charge in [0.2, 0.25) is 0 Å². The zero-order chi connectivity index (χ0) is 19.1. The average Bonchev–Trinajstić information content (AvgIpc) is 2.70. The molecule has 0 bridgehead atoms. The van der Waals surface area contributed by atoms with Crippen molar-refractivity contribution in [3.63, 3.8) is 0 Å². The summed E-state index contributed by atoms with van der Waals surface area (Å²) in [5, 5.41) is 0. The Morgan fingerprint density at radius 1 is 0.815 bits per heavy atom. The number of halogens is 1. The second-order valence-corrected chi connectivity index (χ2v) is 8.45. The highest BCUT2D eigenvalue weighted by Gasteiger charge is 2.34. The maximum atomic E-state index is 14.7. The monoisotopic (exact) mass is 366 g/mol. The number of hydrogen-bond donors (Lipinski definition) is 0. The van der Waals surface area contributed by atoms with E-state index in [0.717, 1.165) is 38.5 Å². The van der Waals surface area contributed by atoms with Crippen molar-refractivity contribution in [1.82, 2.24) is 0 Å². The Bertz CT molecular complexity index is 675. The van der Waals surface area contributed by atoms with E-state index in [1.54, 1.807) is 0 Å². The molecule has 0 spiro atoms. The van der Waals surface area contributed by atoms with Gasteiger partial charge in [0.1, 0.15) is 5.67 Å². The SMILES string of the molecule is CCCCCc1ccc(-c2ccc(C3CCC(F)(CCC)CC3)cc2)cc1. The van der Waals surface area contributed by atoms with E-state index in [-0.39, 0.29) is 0 Å². The van der Waals surface area contributed by atoms with Crippen LogP contribution < -0.4 is 0 Å². The van der Waals surface area contributed by atoms with Gasteiger partial charge in [0.15, 0.2) is 0 Å². The maximum Gasteiger partial charge on any atom is 0.111 e. The van der Waals surface area contributed by atoms with Crippen molar-refractivity contribution in [2.24, 2.45) is 0 Å². The minimum Gasteiger partial charge on any atom is -0.244 e. The third-order valence-electron chi connectivity index (χ3n) is 6.32. The predicted octanol–water partition coefficient (Wildman–Crippen LogP) is 8.25. The lowest BCUT2D eigenvalue weighted by Crippen LogP contribution is -2.28. The van der Waals surface area contributed by atoms with Crippen LogP contribution in [0.5, 0.6) is 0 Å². The van der Waals surface area contributed by atoms with Crippen molar-refractivity contribution >= 4 is 0 Å². The molecule has 0 unspecified atom stereocenters. The van der Waals surface area contributed by atoms with Gasteiger partial charge >= 0.3 is 0 Å². The van der Waals surface area contributed by atoms with Crippen molar-refractivity contribution < 1.29 is 4.39 Å². The van der Waals surface area contributed by atoms with Gasteiger partial charge in [0, 0.05) is 0 Å². The van der Waals surface area contributed by atoms with Crippen molar-refractivity contribution in [1.29, 1.82) is 0 Å². The summed E-state index contributed by atoms with van der Waals surface area (Å²) in [6.07, 6.45) is 10.2. The van der Waals surface area contributed by atoms with E-state index >= 15 is 0 Å². The molecule has 0 aliphatic heterocycles. The summed E-state index contributed by atoms with van der Waals surface area (Å²) in [6, 6.07) is 18.1. The lowest BCUT2D eigenvalue weighted by molar-refractivity contribution is 0.0874. The van der Waals surface area contributed by atoms with Gasteiger partial charge < -0.3 is 0 Å². The molecule has 3 rings (SSSR count). The molecule has 0 atom stereocenters. The number of benzene rings is 2. The van der Waals surface area contributed by atoms with E-state index in [0.29, 0.717) is 5.92 Å². The largest absolute Gasteiger partial charge is 0.244 e. The Balaban J connectivity index is 1.59. The molecular weight excluding hydrogens is 331 g/mol. The minimum absolute atomic E-state index is 0.528. The number of alkyl halides is 1. The van der Waals surface area contributed by atoms with Crippen molar-refractivity contribution in [2.45, 2.75) is 89.6 Å². The van der Waals surface area contributed by atoms with Crippen LogP contribution in [0.2, 0.25) is 0 Å². The van der Waals surface area contributed by atoms with E-state index in [1.807, 2.05) is 0 Å². The fourth-order valence-corrected chi connectivity index (χ4v) is 4.56. The Morgan fingerprint density at radius 3 is 1.96 bits per heavy atom. The predicted molar refractivity (Wildman–Crippen MR) is 115 cm³/mol. The van der Waals surface area contributed by atoms with Crippen LogP contribution in [-0.2, 0) is 6.42 Å². The molecule has 0 nitrogen and oxygen atoms in total. The van der Waals surface area contributed by atoms with Crippen LogP contribution in [0.25, 0.3) is 11.1 Å². The molecule has 27 heavy (non-hydrogen) atoms. The lowest BCUT2D eigenvalue weighted by Gasteiger charge is -2.34. The number of rotatable bonds is 8. The minimum atomic E-state index is -0.899. The van der Waals surface area contributed by atoms with E-state index in [2.05, 4.69) is 62.4 Å². The van der Waals surface area contributed by atoms with Crippen LogP contribution in [-0.4, -0.2) is 5.67 Å². The van der Waals surface area contributed by atoms with E-state index in [4.69, 9.17) is 0 Å². The summed E-state index contributed by atoms with van der Waals surface area (Å²) < 4.78 is 14.7. The summed E-state index contributed by atoms with van der Waals surface area (Å²) in [5.74, 6) is 0.528. The molecule has 0 N–H and O–H groups in total. The lowest BCUT2D eigenvalue weighted by atomic mass is 9.75. The van der Waals surface area contributed by atoms with Crippen LogP contribution in [0.1, 0.15) is 88.7 Å².